The number of hydrogen-bond donors (Lipinski definition) is 0. The fraction of sp³-hybridized carbons (Fsp3) is 0.846. The van der Waals surface area contributed by atoms with E-state index in [1.165, 1.54) is 6.42 Å². The summed E-state index contributed by atoms with van der Waals surface area (Å²) < 4.78 is 0. The van der Waals surface area contributed by atoms with E-state index in [1.807, 2.05) is 12.4 Å². The topological polar surface area (TPSA) is 24.7 Å². The number of nitrogens with zero attached hydrogens (tertiary/aromatic N) is 2. The minimum absolute atomic E-state index is 0.00764. The van der Waals surface area contributed by atoms with E-state index in [1.54, 1.807) is 7.05 Å². The van der Waals surface area contributed by atoms with Crippen LogP contribution in [0, 0.1) is 17.3 Å². The molecule has 1 atom stereocenters. The zero-order valence-corrected chi connectivity index (χ0v) is 11.1. The van der Waals surface area contributed by atoms with E-state index in [-0.39, 0.29) is 5.41 Å². The highest BCUT2D eigenvalue weighted by molar-refractivity contribution is 5.87. The van der Waals surface area contributed by atoms with Crippen molar-refractivity contribution in [3.8, 4) is 0 Å². The third kappa shape index (κ3) is 8.34. The van der Waals surface area contributed by atoms with Crippen LogP contribution >= 0.6 is 0 Å². The lowest BCUT2D eigenvalue weighted by Gasteiger charge is -2.14. The van der Waals surface area contributed by atoms with Crippen molar-refractivity contribution in [1.82, 2.24) is 0 Å². The van der Waals surface area contributed by atoms with Crippen molar-refractivity contribution in [2.45, 2.75) is 41.0 Å². The van der Waals surface area contributed by atoms with Crippen molar-refractivity contribution < 1.29 is 0 Å². The van der Waals surface area contributed by atoms with Crippen LogP contribution in [-0.4, -0.2) is 26.0 Å². The van der Waals surface area contributed by atoms with E-state index in [0.29, 0.717) is 5.92 Å². The van der Waals surface area contributed by atoms with Gasteiger partial charge in [-0.2, -0.15) is 0 Å². The van der Waals surface area contributed by atoms with E-state index in [0.717, 1.165) is 12.5 Å². The molecule has 0 saturated carbocycles. The average Bonchev–Trinajstić information content (AvgIpc) is 2.01. The Morgan fingerprint density at radius 3 is 2.20 bits per heavy atom. The van der Waals surface area contributed by atoms with Gasteiger partial charge in [-0.25, -0.2) is 0 Å². The molecule has 0 saturated heterocycles. The second kappa shape index (κ2) is 6.76. The predicted molar refractivity (Wildman–Crippen MR) is 70.2 cm³/mol. The Bertz CT molecular complexity index is 215. The van der Waals surface area contributed by atoms with E-state index in [4.69, 9.17) is 0 Å². The molecule has 88 valence electrons. The molecule has 0 unspecified atom stereocenters. The second-order valence-electron chi connectivity index (χ2n) is 5.44. The maximum atomic E-state index is 4.50. The summed E-state index contributed by atoms with van der Waals surface area (Å²) in [5, 5.41) is 0. The lowest BCUT2D eigenvalue weighted by atomic mass is 9.96. The summed E-state index contributed by atoms with van der Waals surface area (Å²) in [6.07, 6.45) is 5.19. The first-order valence-corrected chi connectivity index (χ1v) is 5.81. The molecular weight excluding hydrogens is 184 g/mol. The third-order valence-electron chi connectivity index (χ3n) is 2.18. The molecule has 2 nitrogen and oxygen atoms in total. The van der Waals surface area contributed by atoms with Gasteiger partial charge in [-0.15, -0.1) is 0 Å². The molecule has 0 amide bonds. The fourth-order valence-corrected chi connectivity index (χ4v) is 1.71. The van der Waals surface area contributed by atoms with Crippen LogP contribution in [0.1, 0.15) is 41.0 Å². The molecule has 0 aliphatic heterocycles. The van der Waals surface area contributed by atoms with Gasteiger partial charge in [0, 0.05) is 31.4 Å². The quantitative estimate of drug-likeness (QED) is 0.600. The molecule has 0 heterocycles. The molecular formula is C13H26N2. The van der Waals surface area contributed by atoms with Gasteiger partial charge in [-0.05, 0) is 32.1 Å². The van der Waals surface area contributed by atoms with Crippen molar-refractivity contribution in [3.63, 3.8) is 0 Å². The van der Waals surface area contributed by atoms with E-state index in [9.17, 15) is 0 Å². The van der Waals surface area contributed by atoms with Crippen molar-refractivity contribution in [1.29, 1.82) is 0 Å². The van der Waals surface area contributed by atoms with Crippen LogP contribution in [0.3, 0.4) is 0 Å². The van der Waals surface area contributed by atoms with Crippen molar-refractivity contribution in [2.24, 2.45) is 27.2 Å². The lowest BCUT2D eigenvalue weighted by molar-refractivity contribution is 0.447. The molecule has 0 rings (SSSR count). The molecule has 0 aromatic heterocycles. The number of rotatable bonds is 6. The zero-order valence-electron chi connectivity index (χ0n) is 11.1. The lowest BCUT2D eigenvalue weighted by Crippen LogP contribution is -2.15. The summed E-state index contributed by atoms with van der Waals surface area (Å²) in [6, 6.07) is 0. The molecule has 0 bridgehead atoms. The average molecular weight is 210 g/mol. The van der Waals surface area contributed by atoms with Gasteiger partial charge in [-0.3, -0.25) is 9.98 Å². The zero-order chi connectivity index (χ0) is 11.9. The maximum Gasteiger partial charge on any atom is 0.0411 e. The van der Waals surface area contributed by atoms with Crippen molar-refractivity contribution in [3.05, 3.63) is 0 Å². The molecule has 15 heavy (non-hydrogen) atoms. The van der Waals surface area contributed by atoms with Gasteiger partial charge >= 0.3 is 0 Å². The Kier molecular flexibility index (Phi) is 6.46. The normalized spacial score (nSPS) is 15.7. The molecule has 0 aromatic carbocycles. The summed E-state index contributed by atoms with van der Waals surface area (Å²) in [7, 11) is 1.80. The summed E-state index contributed by atoms with van der Waals surface area (Å²) >= 11 is 0. The third-order valence-corrected chi connectivity index (χ3v) is 2.18. The van der Waals surface area contributed by atoms with Gasteiger partial charge < -0.3 is 0 Å². The Labute approximate surface area is 94.9 Å². The summed E-state index contributed by atoms with van der Waals surface area (Å²) in [4.78, 5) is 8.54. The Morgan fingerprint density at radius 2 is 1.73 bits per heavy atom. The standard InChI is InChI=1S/C13H26N2/c1-11(2)7-12(3)8-15-10-13(4,5)9-14-6/h9-12H,7-8H2,1-6H3/t12-/m0/s1. The molecule has 0 spiro atoms. The minimum atomic E-state index is -0.00764. The Balaban J connectivity index is 3.98. The van der Waals surface area contributed by atoms with E-state index >= 15 is 0 Å². The van der Waals surface area contributed by atoms with Gasteiger partial charge in [0.05, 0.1) is 0 Å². The number of aliphatic imine (C=N–C) groups is 2. The summed E-state index contributed by atoms with van der Waals surface area (Å²) in [6.45, 7) is 12.0. The molecule has 0 aliphatic rings. The highest BCUT2D eigenvalue weighted by atomic mass is 14.7. The van der Waals surface area contributed by atoms with Crippen LogP contribution in [0.4, 0.5) is 0 Å². The molecule has 0 radical (unpaired) electrons. The molecule has 0 N–H and O–H groups in total. The predicted octanol–water partition coefficient (Wildman–Crippen LogP) is 3.47. The Morgan fingerprint density at radius 1 is 1.13 bits per heavy atom. The van der Waals surface area contributed by atoms with Gasteiger partial charge in [0.1, 0.15) is 0 Å². The molecule has 0 aromatic rings. The van der Waals surface area contributed by atoms with Crippen LogP contribution < -0.4 is 0 Å². The minimum Gasteiger partial charge on any atom is -0.300 e. The van der Waals surface area contributed by atoms with E-state index < -0.39 is 0 Å². The van der Waals surface area contributed by atoms with E-state index in [2.05, 4.69) is 44.6 Å². The molecule has 0 aliphatic carbocycles. The highest BCUT2D eigenvalue weighted by Crippen LogP contribution is 2.12. The van der Waals surface area contributed by atoms with Gasteiger partial charge in [0.15, 0.2) is 0 Å². The van der Waals surface area contributed by atoms with Crippen LogP contribution in [0.5, 0.6) is 0 Å². The van der Waals surface area contributed by atoms with Gasteiger partial charge in [0.25, 0.3) is 0 Å². The van der Waals surface area contributed by atoms with Crippen LogP contribution in [0.25, 0.3) is 0 Å². The second-order valence-corrected chi connectivity index (χ2v) is 5.44. The van der Waals surface area contributed by atoms with Crippen LogP contribution in [0.2, 0.25) is 0 Å². The highest BCUT2D eigenvalue weighted by Gasteiger charge is 2.10. The molecule has 2 heteroatoms. The first-order chi connectivity index (χ1) is 6.87. The molecule has 0 fully saturated rings. The van der Waals surface area contributed by atoms with Crippen molar-refractivity contribution >= 4 is 12.4 Å². The smallest absolute Gasteiger partial charge is 0.0411 e. The monoisotopic (exact) mass is 210 g/mol. The van der Waals surface area contributed by atoms with Gasteiger partial charge in [0.2, 0.25) is 0 Å². The SMILES string of the molecule is CN=CC(C)(C)C=NC[C@@H](C)CC(C)C. The van der Waals surface area contributed by atoms with Crippen LogP contribution in [-0.2, 0) is 0 Å². The Hall–Kier alpha value is -0.660. The first kappa shape index (κ1) is 14.3. The summed E-state index contributed by atoms with van der Waals surface area (Å²) in [5.74, 6) is 1.44. The number of hydrogen-bond acceptors (Lipinski definition) is 2. The maximum absolute atomic E-state index is 4.50. The van der Waals surface area contributed by atoms with Crippen LogP contribution in [0.15, 0.2) is 9.98 Å². The van der Waals surface area contributed by atoms with Gasteiger partial charge in [-0.1, -0.05) is 20.8 Å². The largest absolute Gasteiger partial charge is 0.300 e. The summed E-state index contributed by atoms with van der Waals surface area (Å²) in [5.41, 5.74) is -0.00764. The fourth-order valence-electron chi connectivity index (χ4n) is 1.71. The van der Waals surface area contributed by atoms with Crippen molar-refractivity contribution in [2.75, 3.05) is 13.6 Å². The first-order valence-electron chi connectivity index (χ1n) is 5.81.